The Bertz CT molecular complexity index is 478. The third-order valence-electron chi connectivity index (χ3n) is 2.44. The Morgan fingerprint density at radius 1 is 1.53 bits per heavy atom. The number of halogens is 2. The van der Waals surface area contributed by atoms with Crippen molar-refractivity contribution in [1.29, 1.82) is 0 Å². The van der Waals surface area contributed by atoms with Crippen molar-refractivity contribution in [2.45, 2.75) is 6.04 Å². The van der Waals surface area contributed by atoms with E-state index >= 15 is 0 Å². The minimum Gasteiger partial charge on any atom is -0.503 e. The van der Waals surface area contributed by atoms with Crippen LogP contribution in [-0.2, 0) is 4.74 Å². The molecule has 2 rings (SSSR count). The average Bonchev–Trinajstić information content (AvgIpc) is 2.73. The number of carbonyl (C=O) groups excluding carboxylic acids is 1. The summed E-state index contributed by atoms with van der Waals surface area (Å²) in [6.07, 6.45) is -0.454. The molecule has 0 bridgehead atoms. The van der Waals surface area contributed by atoms with E-state index in [1.54, 1.807) is 6.07 Å². The number of methoxy groups -OCH3 is 1. The van der Waals surface area contributed by atoms with E-state index in [4.69, 9.17) is 9.47 Å². The van der Waals surface area contributed by atoms with E-state index < -0.39 is 6.09 Å². The lowest BCUT2D eigenvalue weighted by atomic mass is 10.1. The first-order valence-electron chi connectivity index (χ1n) is 4.72. The van der Waals surface area contributed by atoms with Crippen molar-refractivity contribution in [1.82, 2.24) is 5.32 Å². The zero-order chi connectivity index (χ0) is 12.6. The van der Waals surface area contributed by atoms with Gasteiger partial charge in [0, 0.05) is 4.47 Å². The van der Waals surface area contributed by atoms with Crippen LogP contribution in [0.5, 0.6) is 11.5 Å². The van der Waals surface area contributed by atoms with Crippen molar-refractivity contribution >= 4 is 38.0 Å². The number of nitrogens with one attached hydrogen (secondary N) is 1. The largest absolute Gasteiger partial charge is 0.503 e. The molecule has 92 valence electrons. The number of ether oxygens (including phenoxy) is 2. The first kappa shape index (κ1) is 12.5. The van der Waals surface area contributed by atoms with Crippen LogP contribution in [-0.4, -0.2) is 24.9 Å². The third kappa shape index (κ3) is 2.21. The summed E-state index contributed by atoms with van der Waals surface area (Å²) in [6.45, 7) is 0.248. The fourth-order valence-corrected chi connectivity index (χ4v) is 2.58. The second-order valence-corrected chi connectivity index (χ2v) is 5.03. The highest BCUT2D eigenvalue weighted by molar-refractivity contribution is 9.13. The van der Waals surface area contributed by atoms with E-state index in [2.05, 4.69) is 37.2 Å². The van der Waals surface area contributed by atoms with E-state index in [0.717, 1.165) is 5.56 Å². The van der Waals surface area contributed by atoms with Crippen LogP contribution in [0.4, 0.5) is 4.79 Å². The number of hydrogen-bond acceptors (Lipinski definition) is 4. The summed E-state index contributed by atoms with van der Waals surface area (Å²) in [4.78, 5) is 11.0. The fraction of sp³-hybridized carbons (Fsp3) is 0.300. The lowest BCUT2D eigenvalue weighted by Crippen LogP contribution is -2.18. The van der Waals surface area contributed by atoms with Gasteiger partial charge in [-0.25, -0.2) is 4.79 Å². The number of alkyl carbamates (subject to hydrolysis) is 1. The fourth-order valence-electron chi connectivity index (χ4n) is 1.57. The Balaban J connectivity index is 2.47. The molecule has 1 fully saturated rings. The van der Waals surface area contributed by atoms with Gasteiger partial charge in [-0.2, -0.15) is 0 Å². The Kier molecular flexibility index (Phi) is 3.48. The van der Waals surface area contributed by atoms with Gasteiger partial charge in [-0.3, -0.25) is 0 Å². The normalized spacial score (nSPS) is 18.8. The summed E-state index contributed by atoms with van der Waals surface area (Å²) in [5, 5.41) is 12.4. The van der Waals surface area contributed by atoms with Crippen molar-refractivity contribution in [2.75, 3.05) is 13.7 Å². The Labute approximate surface area is 114 Å². The van der Waals surface area contributed by atoms with Crippen LogP contribution in [0, 0.1) is 0 Å². The van der Waals surface area contributed by atoms with Gasteiger partial charge >= 0.3 is 6.09 Å². The number of phenols is 1. The first-order valence-corrected chi connectivity index (χ1v) is 6.31. The van der Waals surface area contributed by atoms with Crippen molar-refractivity contribution in [3.63, 3.8) is 0 Å². The minimum atomic E-state index is -0.454. The zero-order valence-corrected chi connectivity index (χ0v) is 12.0. The lowest BCUT2D eigenvalue weighted by Gasteiger charge is -2.15. The molecule has 1 aliphatic rings. The Morgan fingerprint density at radius 3 is 2.76 bits per heavy atom. The lowest BCUT2D eigenvalue weighted by molar-refractivity contribution is 0.177. The quantitative estimate of drug-likeness (QED) is 0.844. The summed E-state index contributed by atoms with van der Waals surface area (Å²) in [6, 6.07) is 1.40. The number of benzene rings is 1. The number of aromatic hydroxyl groups is 1. The molecule has 1 atom stereocenters. The van der Waals surface area contributed by atoms with Crippen molar-refractivity contribution < 1.29 is 19.4 Å². The van der Waals surface area contributed by atoms with Gasteiger partial charge in [0.2, 0.25) is 0 Å². The number of amides is 1. The number of cyclic esters (lactones) is 1. The topological polar surface area (TPSA) is 67.8 Å². The molecule has 0 unspecified atom stereocenters. The summed E-state index contributed by atoms with van der Waals surface area (Å²) >= 11 is 6.61. The molecule has 1 aliphatic heterocycles. The van der Waals surface area contributed by atoms with E-state index in [1.165, 1.54) is 7.11 Å². The van der Waals surface area contributed by atoms with E-state index in [9.17, 15) is 9.90 Å². The summed E-state index contributed by atoms with van der Waals surface area (Å²) in [7, 11) is 1.46. The molecule has 0 saturated carbocycles. The van der Waals surface area contributed by atoms with Crippen LogP contribution in [0.1, 0.15) is 11.6 Å². The van der Waals surface area contributed by atoms with Crippen LogP contribution < -0.4 is 10.1 Å². The molecule has 7 heteroatoms. The van der Waals surface area contributed by atoms with E-state index in [-0.39, 0.29) is 18.4 Å². The van der Waals surface area contributed by atoms with Gasteiger partial charge in [0.05, 0.1) is 17.6 Å². The molecule has 0 radical (unpaired) electrons. The molecular formula is C10H9Br2NO4. The summed E-state index contributed by atoms with van der Waals surface area (Å²) < 4.78 is 11.0. The van der Waals surface area contributed by atoms with Crippen molar-refractivity contribution in [3.8, 4) is 11.5 Å². The highest BCUT2D eigenvalue weighted by atomic mass is 79.9. The highest BCUT2D eigenvalue weighted by Crippen LogP contribution is 2.43. The molecular weight excluding hydrogens is 358 g/mol. The van der Waals surface area contributed by atoms with Crippen LogP contribution in [0.25, 0.3) is 0 Å². The van der Waals surface area contributed by atoms with Crippen molar-refractivity contribution in [2.24, 2.45) is 0 Å². The highest BCUT2D eigenvalue weighted by Gasteiger charge is 2.28. The van der Waals surface area contributed by atoms with Gasteiger partial charge in [0.1, 0.15) is 6.61 Å². The predicted molar refractivity (Wildman–Crippen MR) is 67.3 cm³/mol. The Morgan fingerprint density at radius 2 is 2.24 bits per heavy atom. The third-order valence-corrected chi connectivity index (χ3v) is 4.60. The van der Waals surface area contributed by atoms with Gasteiger partial charge in [-0.1, -0.05) is 0 Å². The van der Waals surface area contributed by atoms with Gasteiger partial charge < -0.3 is 19.9 Å². The molecule has 17 heavy (non-hydrogen) atoms. The summed E-state index contributed by atoms with van der Waals surface area (Å²) in [5.74, 6) is 0.338. The number of rotatable bonds is 2. The SMILES string of the molecule is COc1cc([C@@H]2COC(=O)N2)c(Br)c(Br)c1O. The average molecular weight is 367 g/mol. The first-order chi connectivity index (χ1) is 8.04. The Hall–Kier alpha value is -0.950. The second-order valence-electron chi connectivity index (χ2n) is 3.44. The standard InChI is InChI=1S/C10H9Br2NO4/c1-16-6-2-4(5-3-17-10(15)13-5)7(11)8(12)9(6)14/h2,5,14H,3H2,1H3,(H,13,15)/t5-/m0/s1. The molecule has 1 aromatic rings. The van der Waals surface area contributed by atoms with Crippen LogP contribution in [0.15, 0.2) is 15.0 Å². The van der Waals surface area contributed by atoms with Crippen LogP contribution in [0.3, 0.4) is 0 Å². The van der Waals surface area contributed by atoms with E-state index in [1.807, 2.05) is 0 Å². The smallest absolute Gasteiger partial charge is 0.407 e. The molecule has 0 aliphatic carbocycles. The number of phenolic OH excluding ortho intramolecular Hbond substituents is 1. The van der Waals surface area contributed by atoms with Gasteiger partial charge in [-0.05, 0) is 43.5 Å². The van der Waals surface area contributed by atoms with Gasteiger partial charge in [-0.15, -0.1) is 0 Å². The van der Waals surface area contributed by atoms with Crippen LogP contribution in [0.2, 0.25) is 0 Å². The number of hydrogen-bond donors (Lipinski definition) is 2. The van der Waals surface area contributed by atoms with Crippen molar-refractivity contribution in [3.05, 3.63) is 20.6 Å². The monoisotopic (exact) mass is 365 g/mol. The van der Waals surface area contributed by atoms with Gasteiger partial charge in [0.15, 0.2) is 11.5 Å². The second kappa shape index (κ2) is 4.73. The molecule has 2 N–H and O–H groups in total. The molecule has 1 aromatic carbocycles. The maximum absolute atomic E-state index is 11.0. The summed E-state index contributed by atoms with van der Waals surface area (Å²) in [5.41, 5.74) is 0.775. The number of carbonyl (C=O) groups is 1. The predicted octanol–water partition coefficient (Wildman–Crippen LogP) is 2.71. The molecule has 1 amide bonds. The molecule has 0 spiro atoms. The minimum absolute atomic E-state index is 0.00775. The molecule has 1 heterocycles. The maximum Gasteiger partial charge on any atom is 0.407 e. The van der Waals surface area contributed by atoms with Gasteiger partial charge in [0.25, 0.3) is 0 Å². The molecule has 0 aromatic heterocycles. The zero-order valence-electron chi connectivity index (χ0n) is 8.79. The molecule has 1 saturated heterocycles. The molecule has 5 nitrogen and oxygen atoms in total. The van der Waals surface area contributed by atoms with Crippen LogP contribution >= 0.6 is 31.9 Å². The van der Waals surface area contributed by atoms with E-state index in [0.29, 0.717) is 14.7 Å². The maximum atomic E-state index is 11.0.